The zero-order valence-corrected chi connectivity index (χ0v) is 14.9. The van der Waals surface area contributed by atoms with Crippen LogP contribution in [0.25, 0.3) is 6.08 Å². The molecule has 0 atom stereocenters. The van der Waals surface area contributed by atoms with Crippen molar-refractivity contribution in [3.05, 3.63) is 75.1 Å². The maximum atomic E-state index is 13.5. The summed E-state index contributed by atoms with van der Waals surface area (Å²) in [5.74, 6) is -0.459. The molecule has 26 heavy (non-hydrogen) atoms. The van der Waals surface area contributed by atoms with Crippen LogP contribution in [0.2, 0.25) is 5.02 Å². The zero-order chi connectivity index (χ0) is 18.5. The van der Waals surface area contributed by atoms with Crippen molar-refractivity contribution in [1.29, 1.82) is 0 Å². The molecule has 0 aromatic heterocycles. The van der Waals surface area contributed by atoms with Gasteiger partial charge in [-0.1, -0.05) is 35.9 Å². The summed E-state index contributed by atoms with van der Waals surface area (Å²) in [4.78, 5) is 14.8. The molecular weight excluding hydrogens is 357 g/mol. The highest BCUT2D eigenvalue weighted by molar-refractivity contribution is 6.30. The van der Waals surface area contributed by atoms with E-state index in [1.807, 2.05) is 35.2 Å². The van der Waals surface area contributed by atoms with Gasteiger partial charge in [0, 0.05) is 49.9 Å². The molecule has 1 aliphatic heterocycles. The van der Waals surface area contributed by atoms with Crippen LogP contribution in [-0.4, -0.2) is 42.5 Å². The normalized spacial score (nSPS) is 15.5. The van der Waals surface area contributed by atoms with Gasteiger partial charge in [-0.05, 0) is 23.8 Å². The van der Waals surface area contributed by atoms with Gasteiger partial charge in [-0.3, -0.25) is 15.0 Å². The van der Waals surface area contributed by atoms with Crippen LogP contribution in [0.3, 0.4) is 0 Å². The van der Waals surface area contributed by atoms with Crippen LogP contribution >= 0.6 is 11.6 Å². The van der Waals surface area contributed by atoms with E-state index in [-0.39, 0.29) is 5.69 Å². The Bertz CT molecular complexity index is 803. The highest BCUT2D eigenvalue weighted by Crippen LogP contribution is 2.29. The largest absolute Gasteiger partial charge is 0.363 e. The van der Waals surface area contributed by atoms with Crippen molar-refractivity contribution in [2.24, 2.45) is 0 Å². The van der Waals surface area contributed by atoms with Crippen LogP contribution in [0.15, 0.2) is 48.5 Å². The van der Waals surface area contributed by atoms with Crippen molar-refractivity contribution in [2.75, 3.05) is 37.6 Å². The molecule has 3 rings (SSSR count). The lowest BCUT2D eigenvalue weighted by Crippen LogP contribution is -2.46. The Kier molecular flexibility index (Phi) is 5.85. The van der Waals surface area contributed by atoms with Gasteiger partial charge >= 0.3 is 0 Å². The topological polar surface area (TPSA) is 49.6 Å². The summed E-state index contributed by atoms with van der Waals surface area (Å²) in [6.07, 6.45) is 4.13. The van der Waals surface area contributed by atoms with Gasteiger partial charge < -0.3 is 4.90 Å². The molecule has 0 amide bonds. The average Bonchev–Trinajstić information content (AvgIpc) is 2.63. The lowest BCUT2D eigenvalue weighted by Gasteiger charge is -2.35. The van der Waals surface area contributed by atoms with E-state index in [9.17, 15) is 14.5 Å². The summed E-state index contributed by atoms with van der Waals surface area (Å²) in [6, 6.07) is 11.2. The third-order valence-electron chi connectivity index (χ3n) is 4.39. The average molecular weight is 376 g/mol. The molecule has 1 saturated heterocycles. The summed E-state index contributed by atoms with van der Waals surface area (Å²) in [5, 5.41) is 11.9. The predicted octanol–water partition coefficient (Wildman–Crippen LogP) is 4.22. The molecule has 0 aliphatic carbocycles. The molecule has 1 heterocycles. The lowest BCUT2D eigenvalue weighted by atomic mass is 10.2. The van der Waals surface area contributed by atoms with Crippen molar-refractivity contribution in [3.8, 4) is 0 Å². The van der Waals surface area contributed by atoms with Gasteiger partial charge in [0.1, 0.15) is 11.5 Å². The lowest BCUT2D eigenvalue weighted by molar-refractivity contribution is -0.384. The minimum Gasteiger partial charge on any atom is -0.363 e. The Morgan fingerprint density at radius 2 is 1.81 bits per heavy atom. The molecule has 2 aromatic rings. The van der Waals surface area contributed by atoms with Crippen LogP contribution in [-0.2, 0) is 0 Å². The van der Waals surface area contributed by atoms with Gasteiger partial charge in [0.25, 0.3) is 5.69 Å². The van der Waals surface area contributed by atoms with Crippen molar-refractivity contribution in [2.45, 2.75) is 0 Å². The fourth-order valence-corrected chi connectivity index (χ4v) is 3.11. The molecule has 0 N–H and O–H groups in total. The molecule has 1 aliphatic rings. The van der Waals surface area contributed by atoms with E-state index in [0.717, 1.165) is 31.3 Å². The van der Waals surface area contributed by atoms with E-state index in [2.05, 4.69) is 11.0 Å². The predicted molar refractivity (Wildman–Crippen MR) is 102 cm³/mol. The number of nitro groups is 1. The molecule has 0 unspecified atom stereocenters. The number of benzene rings is 2. The Morgan fingerprint density at radius 1 is 1.12 bits per heavy atom. The zero-order valence-electron chi connectivity index (χ0n) is 14.1. The van der Waals surface area contributed by atoms with Crippen LogP contribution < -0.4 is 4.90 Å². The fraction of sp³-hybridized carbons (Fsp3) is 0.263. The van der Waals surface area contributed by atoms with Gasteiger partial charge in [0.2, 0.25) is 0 Å². The number of anilines is 1. The minimum absolute atomic E-state index is 0.0533. The smallest absolute Gasteiger partial charge is 0.292 e. The summed E-state index contributed by atoms with van der Waals surface area (Å²) < 4.78 is 13.5. The van der Waals surface area contributed by atoms with Gasteiger partial charge in [-0.2, -0.15) is 0 Å². The maximum Gasteiger partial charge on any atom is 0.292 e. The highest BCUT2D eigenvalue weighted by atomic mass is 35.5. The van der Waals surface area contributed by atoms with E-state index in [0.29, 0.717) is 23.8 Å². The third kappa shape index (κ3) is 4.59. The van der Waals surface area contributed by atoms with E-state index in [1.54, 1.807) is 0 Å². The number of piperazine rings is 1. The summed E-state index contributed by atoms with van der Waals surface area (Å²) >= 11 is 5.87. The van der Waals surface area contributed by atoms with E-state index >= 15 is 0 Å². The molecule has 2 aromatic carbocycles. The second kappa shape index (κ2) is 8.29. The quantitative estimate of drug-likeness (QED) is 0.580. The number of hydrogen-bond donors (Lipinski definition) is 0. The number of nitro benzene ring substituents is 1. The van der Waals surface area contributed by atoms with Crippen LogP contribution in [0.4, 0.5) is 15.8 Å². The first-order chi connectivity index (χ1) is 12.5. The monoisotopic (exact) mass is 375 g/mol. The van der Waals surface area contributed by atoms with Gasteiger partial charge in [0.05, 0.1) is 4.92 Å². The third-order valence-corrected chi connectivity index (χ3v) is 4.64. The molecule has 0 saturated carbocycles. The number of nitrogens with zero attached hydrogens (tertiary/aromatic N) is 3. The Labute approximate surface area is 156 Å². The number of hydrogen-bond acceptors (Lipinski definition) is 4. The highest BCUT2D eigenvalue weighted by Gasteiger charge is 2.23. The van der Waals surface area contributed by atoms with Crippen LogP contribution in [0.5, 0.6) is 0 Å². The maximum absolute atomic E-state index is 13.5. The first-order valence-electron chi connectivity index (χ1n) is 8.36. The second-order valence-electron chi connectivity index (χ2n) is 6.13. The summed E-state index contributed by atoms with van der Waals surface area (Å²) in [7, 11) is 0. The second-order valence-corrected chi connectivity index (χ2v) is 6.57. The number of halogens is 2. The van der Waals surface area contributed by atoms with Crippen LogP contribution in [0.1, 0.15) is 5.56 Å². The Balaban J connectivity index is 1.57. The standard InChI is InChI=1S/C19H19ClFN3O2/c20-16-5-3-15(4-6-16)2-1-9-22-10-12-23(13-11-22)19-14-17(21)7-8-18(19)24(25)26/h1-8,14H,9-13H2. The van der Waals surface area contributed by atoms with Crippen molar-refractivity contribution in [1.82, 2.24) is 4.90 Å². The van der Waals surface area contributed by atoms with E-state index in [4.69, 9.17) is 11.6 Å². The van der Waals surface area contributed by atoms with Crippen LogP contribution in [0, 0.1) is 15.9 Å². The first-order valence-corrected chi connectivity index (χ1v) is 8.74. The molecule has 0 radical (unpaired) electrons. The van der Waals surface area contributed by atoms with Crippen molar-refractivity contribution < 1.29 is 9.31 Å². The Morgan fingerprint density at radius 3 is 2.46 bits per heavy atom. The minimum atomic E-state index is -0.462. The summed E-state index contributed by atoms with van der Waals surface area (Å²) in [6.45, 7) is 3.57. The van der Waals surface area contributed by atoms with E-state index in [1.165, 1.54) is 12.1 Å². The van der Waals surface area contributed by atoms with Gasteiger partial charge in [-0.15, -0.1) is 0 Å². The van der Waals surface area contributed by atoms with Crippen molar-refractivity contribution in [3.63, 3.8) is 0 Å². The van der Waals surface area contributed by atoms with Gasteiger partial charge in [0.15, 0.2) is 0 Å². The van der Waals surface area contributed by atoms with Crippen molar-refractivity contribution >= 4 is 29.1 Å². The molecule has 0 spiro atoms. The van der Waals surface area contributed by atoms with E-state index < -0.39 is 10.7 Å². The summed E-state index contributed by atoms with van der Waals surface area (Å²) in [5.41, 5.74) is 1.39. The number of rotatable bonds is 5. The molecule has 7 heteroatoms. The van der Waals surface area contributed by atoms with Gasteiger partial charge in [-0.25, -0.2) is 4.39 Å². The molecule has 0 bridgehead atoms. The molecular formula is C19H19ClFN3O2. The Hall–Kier alpha value is -2.44. The fourth-order valence-electron chi connectivity index (χ4n) is 2.99. The SMILES string of the molecule is O=[N+]([O-])c1ccc(F)cc1N1CCN(CC=Cc2ccc(Cl)cc2)CC1. The molecule has 1 fully saturated rings. The molecule has 136 valence electrons. The first kappa shape index (κ1) is 18.4. The molecule has 5 nitrogen and oxygen atoms in total.